The molecule has 0 saturated carbocycles. The lowest BCUT2D eigenvalue weighted by Crippen LogP contribution is -2.26. The van der Waals surface area contributed by atoms with E-state index in [1.165, 1.54) is 0 Å². The molecule has 0 aliphatic rings. The normalized spacial score (nSPS) is 11.2. The minimum Gasteiger partial charge on any atom is -0.481 e. The van der Waals surface area contributed by atoms with Crippen molar-refractivity contribution < 1.29 is 9.90 Å². The summed E-state index contributed by atoms with van der Waals surface area (Å²) in [5.74, 6) is -0.799. The van der Waals surface area contributed by atoms with E-state index in [4.69, 9.17) is 5.11 Å². The van der Waals surface area contributed by atoms with Gasteiger partial charge in [-0.1, -0.05) is 0 Å². The molecule has 0 aromatic carbocycles. The van der Waals surface area contributed by atoms with Crippen molar-refractivity contribution in [1.29, 1.82) is 0 Å². The molecular weight excluding hydrogens is 258 g/mol. The molecule has 0 amide bonds. The van der Waals surface area contributed by atoms with Crippen molar-refractivity contribution in [2.45, 2.75) is 33.4 Å². The Morgan fingerprint density at radius 2 is 1.65 bits per heavy atom. The lowest BCUT2D eigenvalue weighted by molar-refractivity contribution is -0.137. The van der Waals surface area contributed by atoms with Crippen LogP contribution in [0.1, 0.15) is 29.2 Å². The smallest absolute Gasteiger partial charge is 0.304 e. The second-order valence-corrected chi connectivity index (χ2v) is 4.80. The number of hydrogen-bond acceptors (Lipinski definition) is 4. The van der Waals surface area contributed by atoms with E-state index < -0.39 is 5.97 Å². The Balaban J connectivity index is 2.06. The van der Waals surface area contributed by atoms with Crippen LogP contribution in [0.25, 0.3) is 0 Å². The van der Waals surface area contributed by atoms with Crippen molar-refractivity contribution in [3.8, 4) is 0 Å². The first-order valence-electron chi connectivity index (χ1n) is 6.48. The number of hydrogen-bond donors (Lipinski definition) is 3. The van der Waals surface area contributed by atoms with Crippen molar-refractivity contribution in [3.05, 3.63) is 35.4 Å². The summed E-state index contributed by atoms with van der Waals surface area (Å²) in [4.78, 5) is 27.4. The van der Waals surface area contributed by atoms with Gasteiger partial charge in [-0.05, 0) is 13.8 Å². The number of nitrogens with zero attached hydrogens (tertiary/aromatic N) is 3. The molecule has 2 aromatic rings. The number of imidazole rings is 2. The summed E-state index contributed by atoms with van der Waals surface area (Å²) in [7, 11) is 0. The maximum Gasteiger partial charge on any atom is 0.304 e. The van der Waals surface area contributed by atoms with E-state index in [0.717, 1.165) is 22.8 Å². The summed E-state index contributed by atoms with van der Waals surface area (Å²) < 4.78 is 0. The highest BCUT2D eigenvalue weighted by molar-refractivity contribution is 5.66. The van der Waals surface area contributed by atoms with Crippen LogP contribution in [0.5, 0.6) is 0 Å². The highest BCUT2D eigenvalue weighted by Crippen LogP contribution is 2.11. The zero-order chi connectivity index (χ0) is 14.5. The maximum absolute atomic E-state index is 10.8. The first-order valence-corrected chi connectivity index (χ1v) is 6.48. The molecule has 2 rings (SSSR count). The minimum atomic E-state index is -0.799. The van der Waals surface area contributed by atoms with Crippen LogP contribution >= 0.6 is 0 Å². The van der Waals surface area contributed by atoms with Crippen molar-refractivity contribution >= 4 is 5.97 Å². The Hall–Kier alpha value is -2.15. The second-order valence-electron chi connectivity index (χ2n) is 4.80. The molecule has 108 valence electrons. The first-order chi connectivity index (χ1) is 9.56. The van der Waals surface area contributed by atoms with Crippen molar-refractivity contribution in [2.24, 2.45) is 0 Å². The number of aromatic nitrogens is 4. The van der Waals surface area contributed by atoms with E-state index in [-0.39, 0.29) is 6.42 Å². The molecule has 3 N–H and O–H groups in total. The third-order valence-corrected chi connectivity index (χ3v) is 3.26. The Kier molecular flexibility index (Phi) is 4.52. The molecule has 2 heterocycles. The van der Waals surface area contributed by atoms with E-state index >= 15 is 0 Å². The Morgan fingerprint density at radius 3 is 2.00 bits per heavy atom. The average Bonchev–Trinajstić information content (AvgIpc) is 2.97. The number of carboxylic acid groups (broad SMARTS) is 1. The Bertz CT molecular complexity index is 533. The fourth-order valence-electron chi connectivity index (χ4n) is 1.98. The van der Waals surface area contributed by atoms with Crippen molar-refractivity contribution in [1.82, 2.24) is 24.8 Å². The van der Waals surface area contributed by atoms with Gasteiger partial charge >= 0.3 is 5.97 Å². The van der Waals surface area contributed by atoms with Gasteiger partial charge in [0.05, 0.1) is 30.5 Å². The summed E-state index contributed by atoms with van der Waals surface area (Å²) in [5, 5.41) is 8.85. The highest BCUT2D eigenvalue weighted by Gasteiger charge is 2.14. The predicted octanol–water partition coefficient (Wildman–Crippen LogP) is 1.23. The summed E-state index contributed by atoms with van der Waals surface area (Å²) in [6.45, 7) is 5.59. The van der Waals surface area contributed by atoms with Gasteiger partial charge in [-0.3, -0.25) is 9.69 Å². The molecule has 0 atom stereocenters. The summed E-state index contributed by atoms with van der Waals surface area (Å²) in [6, 6.07) is 0. The van der Waals surface area contributed by atoms with Gasteiger partial charge in [-0.15, -0.1) is 0 Å². The SMILES string of the molecule is Cc1[nH]cnc1CN(CCC(=O)O)Cc1nc[nH]c1C. The van der Waals surface area contributed by atoms with Crippen molar-refractivity contribution in [3.63, 3.8) is 0 Å². The van der Waals surface area contributed by atoms with E-state index in [1.807, 2.05) is 18.7 Å². The molecule has 0 saturated heterocycles. The standard InChI is InChI=1S/C13H19N5O2/c1-9-11(16-7-14-9)5-18(4-3-13(19)20)6-12-10(2)15-8-17-12/h7-8H,3-6H2,1-2H3,(H,14,16)(H,15,17)(H,19,20). The van der Waals surface area contributed by atoms with Gasteiger partial charge in [0.15, 0.2) is 0 Å². The number of rotatable bonds is 7. The van der Waals surface area contributed by atoms with Gasteiger partial charge < -0.3 is 15.1 Å². The number of carbonyl (C=O) groups is 1. The summed E-state index contributed by atoms with van der Waals surface area (Å²) in [6.07, 6.45) is 3.41. The third kappa shape index (κ3) is 3.67. The molecule has 0 aliphatic carbocycles. The molecule has 20 heavy (non-hydrogen) atoms. The Morgan fingerprint density at radius 1 is 1.15 bits per heavy atom. The van der Waals surface area contributed by atoms with E-state index in [9.17, 15) is 4.79 Å². The summed E-state index contributed by atoms with van der Waals surface area (Å²) in [5.41, 5.74) is 3.88. The quantitative estimate of drug-likeness (QED) is 0.707. The topological polar surface area (TPSA) is 97.9 Å². The number of aliphatic carboxylic acids is 1. The van der Waals surface area contributed by atoms with Crippen LogP contribution in [0.15, 0.2) is 12.7 Å². The molecule has 2 aromatic heterocycles. The Labute approximate surface area is 117 Å². The number of aryl methyl sites for hydroxylation is 2. The van der Waals surface area contributed by atoms with Gasteiger partial charge in [-0.25, -0.2) is 9.97 Å². The average molecular weight is 277 g/mol. The maximum atomic E-state index is 10.8. The van der Waals surface area contributed by atoms with E-state index in [2.05, 4.69) is 19.9 Å². The predicted molar refractivity (Wildman–Crippen MR) is 73.0 cm³/mol. The van der Waals surface area contributed by atoms with E-state index in [0.29, 0.717) is 19.6 Å². The molecule has 7 nitrogen and oxygen atoms in total. The molecule has 7 heteroatoms. The fourth-order valence-corrected chi connectivity index (χ4v) is 1.98. The van der Waals surface area contributed by atoms with Gasteiger partial charge in [0.2, 0.25) is 0 Å². The molecule has 0 radical (unpaired) electrons. The summed E-state index contributed by atoms with van der Waals surface area (Å²) >= 11 is 0. The molecule has 0 spiro atoms. The second kappa shape index (κ2) is 6.33. The van der Waals surface area contributed by atoms with Crippen molar-refractivity contribution in [2.75, 3.05) is 6.54 Å². The van der Waals surface area contributed by atoms with Gasteiger partial charge in [0.1, 0.15) is 0 Å². The lowest BCUT2D eigenvalue weighted by Gasteiger charge is -2.20. The van der Waals surface area contributed by atoms with Crippen LogP contribution < -0.4 is 0 Å². The van der Waals surface area contributed by atoms with Gasteiger partial charge in [-0.2, -0.15) is 0 Å². The lowest BCUT2D eigenvalue weighted by atomic mass is 10.2. The number of carboxylic acids is 1. The van der Waals surface area contributed by atoms with E-state index in [1.54, 1.807) is 12.7 Å². The molecular formula is C13H19N5O2. The van der Waals surface area contributed by atoms with Crippen LogP contribution in [-0.2, 0) is 17.9 Å². The van der Waals surface area contributed by atoms with Gasteiger partial charge in [0, 0.05) is 31.0 Å². The van der Waals surface area contributed by atoms with Crippen LogP contribution in [0.4, 0.5) is 0 Å². The molecule has 0 fully saturated rings. The third-order valence-electron chi connectivity index (χ3n) is 3.26. The van der Waals surface area contributed by atoms with Crippen LogP contribution in [0.3, 0.4) is 0 Å². The zero-order valence-electron chi connectivity index (χ0n) is 11.7. The number of H-pyrrole nitrogens is 2. The van der Waals surface area contributed by atoms with Crippen LogP contribution in [0.2, 0.25) is 0 Å². The number of aromatic amines is 2. The fraction of sp³-hybridized carbons (Fsp3) is 0.462. The minimum absolute atomic E-state index is 0.104. The van der Waals surface area contributed by atoms with Gasteiger partial charge in [0.25, 0.3) is 0 Å². The monoisotopic (exact) mass is 277 g/mol. The molecule has 0 aliphatic heterocycles. The zero-order valence-corrected chi connectivity index (χ0v) is 11.7. The molecule has 0 unspecified atom stereocenters. The highest BCUT2D eigenvalue weighted by atomic mass is 16.4. The number of nitrogens with one attached hydrogen (secondary N) is 2. The first kappa shape index (κ1) is 14.3. The molecule has 0 bridgehead atoms. The largest absolute Gasteiger partial charge is 0.481 e. The van der Waals surface area contributed by atoms with Crippen LogP contribution in [-0.4, -0.2) is 42.5 Å². The van der Waals surface area contributed by atoms with Crippen LogP contribution in [0, 0.1) is 13.8 Å².